The van der Waals surface area contributed by atoms with Crippen molar-refractivity contribution in [1.82, 2.24) is 14.3 Å². The minimum Gasteiger partial charge on any atom is -0.454 e. The number of aromatic nitrogens is 2. The van der Waals surface area contributed by atoms with E-state index in [-0.39, 0.29) is 18.3 Å². The van der Waals surface area contributed by atoms with Crippen molar-refractivity contribution in [3.63, 3.8) is 0 Å². The lowest BCUT2D eigenvalue weighted by Gasteiger charge is -2.15. The fourth-order valence-electron chi connectivity index (χ4n) is 4.68. The van der Waals surface area contributed by atoms with E-state index in [9.17, 15) is 9.59 Å². The van der Waals surface area contributed by atoms with Gasteiger partial charge >= 0.3 is 0 Å². The largest absolute Gasteiger partial charge is 0.454 e. The molecule has 0 spiro atoms. The van der Waals surface area contributed by atoms with Crippen LogP contribution in [-0.2, 0) is 11.3 Å². The highest BCUT2D eigenvalue weighted by Gasteiger charge is 2.33. The third kappa shape index (κ3) is 5.96. The van der Waals surface area contributed by atoms with E-state index < -0.39 is 0 Å². The molecule has 0 radical (unpaired) electrons. The summed E-state index contributed by atoms with van der Waals surface area (Å²) in [5, 5.41) is 3.38. The van der Waals surface area contributed by atoms with Crippen molar-refractivity contribution in [2.75, 3.05) is 18.7 Å². The monoisotopic (exact) mass is 564 g/mol. The number of unbranched alkanes of at least 4 members (excludes halogenated alkanes) is 5. The maximum absolute atomic E-state index is 13.6. The number of rotatable bonds is 11. The molecule has 0 saturated carbocycles. The van der Waals surface area contributed by atoms with E-state index in [1.807, 2.05) is 37.3 Å². The summed E-state index contributed by atoms with van der Waals surface area (Å²) < 4.78 is 12.8. The number of fused-ring (bicyclic) bond motifs is 2. The quantitative estimate of drug-likeness (QED) is 0.175. The van der Waals surface area contributed by atoms with Gasteiger partial charge in [0, 0.05) is 12.7 Å². The second-order valence-corrected chi connectivity index (χ2v) is 11.4. The lowest BCUT2D eigenvalue weighted by atomic mass is 10.1. The first-order chi connectivity index (χ1) is 19.0. The molecule has 5 rings (SSSR count). The van der Waals surface area contributed by atoms with Crippen molar-refractivity contribution < 1.29 is 14.3 Å². The second-order valence-electron chi connectivity index (χ2n) is 9.71. The van der Waals surface area contributed by atoms with Crippen molar-refractivity contribution in [2.24, 2.45) is 0 Å². The van der Waals surface area contributed by atoms with E-state index >= 15 is 0 Å². The molecule has 3 aromatic rings. The Morgan fingerprint density at radius 1 is 1.10 bits per heavy atom. The number of carbonyl (C=O) groups excluding carboxylic acids is 1. The standard InChI is InChI=1S/C29H32N4O4S2/c1-3-4-5-6-7-8-13-30-25-21(27(34)32-14-9-10-19(2)26(32)31-25)16-24-28(35)33(29(38)39-24)17-20-11-12-22-23(15-20)37-18-36-22/h9-12,14-16,30H,3-8,13,17-18H2,1-2H3/b24-16-. The van der Waals surface area contributed by atoms with E-state index in [2.05, 4.69) is 12.2 Å². The summed E-state index contributed by atoms with van der Waals surface area (Å²) in [5.41, 5.74) is 2.50. The Morgan fingerprint density at radius 2 is 1.90 bits per heavy atom. The molecule has 1 aromatic carbocycles. The molecule has 0 aliphatic carbocycles. The molecular weight excluding hydrogens is 532 g/mol. The topological polar surface area (TPSA) is 85.2 Å². The van der Waals surface area contributed by atoms with Crippen LogP contribution in [0.5, 0.6) is 11.5 Å². The highest BCUT2D eigenvalue weighted by atomic mass is 32.2. The fourth-order valence-corrected chi connectivity index (χ4v) is 5.91. The predicted molar refractivity (Wildman–Crippen MR) is 159 cm³/mol. The molecular formula is C29H32N4O4S2. The van der Waals surface area contributed by atoms with Gasteiger partial charge in [0.25, 0.3) is 11.5 Å². The van der Waals surface area contributed by atoms with Crippen LogP contribution in [0.2, 0.25) is 0 Å². The van der Waals surface area contributed by atoms with Crippen molar-refractivity contribution in [1.29, 1.82) is 0 Å². The van der Waals surface area contributed by atoms with E-state index in [0.717, 1.165) is 24.0 Å². The summed E-state index contributed by atoms with van der Waals surface area (Å²) in [4.78, 5) is 33.8. The SMILES string of the molecule is CCCCCCCCNc1nc2c(C)cccn2c(=O)c1/C=C1\SC(=S)N(Cc2ccc3c(c2)OCO3)C1=O. The summed E-state index contributed by atoms with van der Waals surface area (Å²) >= 11 is 6.75. The number of aryl methyl sites for hydroxylation is 1. The molecule has 39 heavy (non-hydrogen) atoms. The Morgan fingerprint density at radius 3 is 2.74 bits per heavy atom. The zero-order chi connectivity index (χ0) is 27.4. The maximum atomic E-state index is 13.6. The number of ether oxygens (including phenoxy) is 2. The zero-order valence-electron chi connectivity index (χ0n) is 22.2. The Balaban J connectivity index is 1.39. The van der Waals surface area contributed by atoms with Gasteiger partial charge in [-0.25, -0.2) is 4.98 Å². The number of benzene rings is 1. The van der Waals surface area contributed by atoms with Crippen LogP contribution in [-0.4, -0.2) is 37.8 Å². The van der Waals surface area contributed by atoms with E-state index in [4.69, 9.17) is 26.7 Å². The first-order valence-corrected chi connectivity index (χ1v) is 14.6. The van der Waals surface area contributed by atoms with Gasteiger partial charge < -0.3 is 14.8 Å². The van der Waals surface area contributed by atoms with Crippen molar-refractivity contribution >= 4 is 51.7 Å². The number of pyridine rings is 1. The molecule has 0 bridgehead atoms. The van der Waals surface area contributed by atoms with Crippen molar-refractivity contribution in [3.05, 3.63) is 68.5 Å². The third-order valence-electron chi connectivity index (χ3n) is 6.83. The zero-order valence-corrected chi connectivity index (χ0v) is 23.8. The predicted octanol–water partition coefficient (Wildman–Crippen LogP) is 5.91. The molecule has 0 unspecified atom stereocenters. The number of thioether (sulfide) groups is 1. The third-order valence-corrected chi connectivity index (χ3v) is 8.21. The Bertz CT molecular complexity index is 1500. The average Bonchev–Trinajstić information content (AvgIpc) is 3.50. The highest BCUT2D eigenvalue weighted by molar-refractivity contribution is 8.26. The second kappa shape index (κ2) is 12.2. The normalized spacial score (nSPS) is 15.6. The summed E-state index contributed by atoms with van der Waals surface area (Å²) in [6.45, 7) is 5.33. The van der Waals surface area contributed by atoms with Gasteiger partial charge in [0.15, 0.2) is 11.5 Å². The lowest BCUT2D eigenvalue weighted by molar-refractivity contribution is -0.122. The number of thiocarbonyl (C=S) groups is 1. The molecule has 0 atom stereocenters. The maximum Gasteiger partial charge on any atom is 0.267 e. The summed E-state index contributed by atoms with van der Waals surface area (Å²) in [6, 6.07) is 9.33. The van der Waals surface area contributed by atoms with Crippen LogP contribution >= 0.6 is 24.0 Å². The minimum absolute atomic E-state index is 0.187. The van der Waals surface area contributed by atoms with Crippen molar-refractivity contribution in [3.8, 4) is 11.5 Å². The number of nitrogens with one attached hydrogen (secondary N) is 1. The Kier molecular flexibility index (Phi) is 8.52. The molecule has 10 heteroatoms. The van der Waals surface area contributed by atoms with Gasteiger partial charge in [-0.15, -0.1) is 0 Å². The number of amides is 1. The van der Waals surface area contributed by atoms with E-state index in [1.54, 1.807) is 17.2 Å². The molecule has 4 heterocycles. The molecule has 2 aliphatic heterocycles. The summed E-state index contributed by atoms with van der Waals surface area (Å²) in [7, 11) is 0. The van der Waals surface area contributed by atoms with Gasteiger partial charge in [0.05, 0.1) is 17.0 Å². The van der Waals surface area contributed by atoms with Gasteiger partial charge in [0.2, 0.25) is 6.79 Å². The van der Waals surface area contributed by atoms with Gasteiger partial charge in [-0.05, 0) is 48.7 Å². The number of nitrogens with zero attached hydrogens (tertiary/aromatic N) is 3. The lowest BCUT2D eigenvalue weighted by Crippen LogP contribution is -2.27. The van der Waals surface area contributed by atoms with Crippen LogP contribution < -0.4 is 20.3 Å². The average molecular weight is 565 g/mol. The molecule has 2 aliphatic rings. The number of carbonyl (C=O) groups is 1. The first-order valence-electron chi connectivity index (χ1n) is 13.4. The van der Waals surface area contributed by atoms with E-state index in [0.29, 0.717) is 50.8 Å². The van der Waals surface area contributed by atoms with Gasteiger partial charge in [-0.1, -0.05) is 75.1 Å². The van der Waals surface area contributed by atoms with Gasteiger partial charge in [-0.3, -0.25) is 18.9 Å². The van der Waals surface area contributed by atoms with Gasteiger partial charge in [0.1, 0.15) is 15.8 Å². The summed E-state index contributed by atoms with van der Waals surface area (Å²) in [6.07, 6.45) is 10.3. The number of anilines is 1. The molecule has 1 N–H and O–H groups in total. The summed E-state index contributed by atoms with van der Waals surface area (Å²) in [5.74, 6) is 1.59. The van der Waals surface area contributed by atoms with E-state index in [1.165, 1.54) is 41.8 Å². The number of hydrogen-bond acceptors (Lipinski definition) is 8. The molecule has 2 aromatic heterocycles. The van der Waals surface area contributed by atoms with Crippen LogP contribution in [0.3, 0.4) is 0 Å². The number of hydrogen-bond donors (Lipinski definition) is 1. The first kappa shape index (κ1) is 27.2. The van der Waals surface area contributed by atoms with Crippen LogP contribution in [0, 0.1) is 6.92 Å². The molecule has 1 fully saturated rings. The fraction of sp³-hybridized carbons (Fsp3) is 0.379. The molecule has 204 valence electrons. The van der Waals surface area contributed by atoms with Crippen LogP contribution in [0.15, 0.2) is 46.2 Å². The van der Waals surface area contributed by atoms with Gasteiger partial charge in [-0.2, -0.15) is 0 Å². The smallest absolute Gasteiger partial charge is 0.267 e. The molecule has 8 nitrogen and oxygen atoms in total. The Labute approximate surface area is 237 Å². The van der Waals surface area contributed by atoms with Crippen molar-refractivity contribution in [2.45, 2.75) is 58.9 Å². The van der Waals surface area contributed by atoms with Crippen LogP contribution in [0.4, 0.5) is 5.82 Å². The molecule has 1 saturated heterocycles. The Hall–Kier alpha value is -3.37. The molecule has 1 amide bonds. The highest BCUT2D eigenvalue weighted by Crippen LogP contribution is 2.36. The van der Waals surface area contributed by atoms with Crippen LogP contribution in [0.1, 0.15) is 62.1 Å². The van der Waals surface area contributed by atoms with Crippen LogP contribution in [0.25, 0.3) is 11.7 Å². The minimum atomic E-state index is -0.238.